The average Bonchev–Trinajstić information content (AvgIpc) is 2.27. The van der Waals surface area contributed by atoms with Crippen molar-refractivity contribution in [2.24, 2.45) is 0 Å². The van der Waals surface area contributed by atoms with Gasteiger partial charge in [0.05, 0.1) is 0 Å². The SMILES string of the molecule is CCN(CCSC)Cc1ccc(N)cc1. The predicted molar refractivity (Wildman–Crippen MR) is 70.2 cm³/mol. The van der Waals surface area contributed by atoms with Crippen molar-refractivity contribution in [3.8, 4) is 0 Å². The van der Waals surface area contributed by atoms with Crippen molar-refractivity contribution >= 4 is 17.4 Å². The van der Waals surface area contributed by atoms with Crippen molar-refractivity contribution in [3.05, 3.63) is 29.8 Å². The summed E-state index contributed by atoms with van der Waals surface area (Å²) >= 11 is 1.90. The van der Waals surface area contributed by atoms with Crippen molar-refractivity contribution in [2.75, 3.05) is 30.8 Å². The van der Waals surface area contributed by atoms with E-state index in [0.717, 1.165) is 25.3 Å². The van der Waals surface area contributed by atoms with Crippen molar-refractivity contribution in [2.45, 2.75) is 13.5 Å². The number of nitrogens with zero attached hydrogens (tertiary/aromatic N) is 1. The van der Waals surface area contributed by atoms with Crippen LogP contribution in [0.25, 0.3) is 0 Å². The van der Waals surface area contributed by atoms with E-state index in [4.69, 9.17) is 5.73 Å². The van der Waals surface area contributed by atoms with Crippen LogP contribution in [-0.4, -0.2) is 30.0 Å². The highest BCUT2D eigenvalue weighted by molar-refractivity contribution is 7.98. The highest BCUT2D eigenvalue weighted by atomic mass is 32.2. The highest BCUT2D eigenvalue weighted by Crippen LogP contribution is 2.08. The standard InChI is InChI=1S/C12H20N2S/c1-3-14(8-9-15-2)10-11-4-6-12(13)7-5-11/h4-7H,3,8-10,13H2,1-2H3. The summed E-state index contributed by atoms with van der Waals surface area (Å²) in [4.78, 5) is 2.45. The number of hydrogen-bond donors (Lipinski definition) is 1. The second kappa shape index (κ2) is 6.75. The minimum atomic E-state index is 0.839. The lowest BCUT2D eigenvalue weighted by molar-refractivity contribution is 0.298. The van der Waals surface area contributed by atoms with Gasteiger partial charge in [0.25, 0.3) is 0 Å². The van der Waals surface area contributed by atoms with Gasteiger partial charge < -0.3 is 5.73 Å². The van der Waals surface area contributed by atoms with Crippen molar-refractivity contribution in [3.63, 3.8) is 0 Å². The minimum Gasteiger partial charge on any atom is -0.399 e. The Morgan fingerprint density at radius 2 is 1.93 bits per heavy atom. The fraction of sp³-hybridized carbons (Fsp3) is 0.500. The molecule has 0 radical (unpaired) electrons. The van der Waals surface area contributed by atoms with Gasteiger partial charge in [0.15, 0.2) is 0 Å². The Hall–Kier alpha value is -0.670. The molecule has 0 fully saturated rings. The fourth-order valence-electron chi connectivity index (χ4n) is 1.45. The van der Waals surface area contributed by atoms with Crippen LogP contribution >= 0.6 is 11.8 Å². The van der Waals surface area contributed by atoms with E-state index in [0.29, 0.717) is 0 Å². The molecule has 0 atom stereocenters. The molecule has 0 amide bonds. The Bertz CT molecular complexity index is 271. The summed E-state index contributed by atoms with van der Waals surface area (Å²) in [5, 5.41) is 0. The largest absolute Gasteiger partial charge is 0.399 e. The summed E-state index contributed by atoms with van der Waals surface area (Å²) in [6.45, 7) is 5.49. The maximum atomic E-state index is 5.65. The summed E-state index contributed by atoms with van der Waals surface area (Å²) in [7, 11) is 0. The van der Waals surface area contributed by atoms with E-state index in [1.807, 2.05) is 23.9 Å². The van der Waals surface area contributed by atoms with Crippen LogP contribution in [0.4, 0.5) is 5.69 Å². The normalized spacial score (nSPS) is 10.9. The Labute approximate surface area is 96.8 Å². The second-order valence-electron chi connectivity index (χ2n) is 3.60. The number of anilines is 1. The Morgan fingerprint density at radius 1 is 1.27 bits per heavy atom. The third-order valence-corrected chi connectivity index (χ3v) is 3.04. The van der Waals surface area contributed by atoms with Crippen LogP contribution in [0.15, 0.2) is 24.3 Å². The van der Waals surface area contributed by atoms with E-state index >= 15 is 0 Å². The molecule has 15 heavy (non-hydrogen) atoms. The summed E-state index contributed by atoms with van der Waals surface area (Å²) < 4.78 is 0. The minimum absolute atomic E-state index is 0.839. The van der Waals surface area contributed by atoms with Gasteiger partial charge in [0.2, 0.25) is 0 Å². The molecule has 0 spiro atoms. The van der Waals surface area contributed by atoms with Gasteiger partial charge in [-0.2, -0.15) is 11.8 Å². The molecular formula is C12H20N2S. The number of nitrogens with two attached hydrogens (primary N) is 1. The highest BCUT2D eigenvalue weighted by Gasteiger charge is 2.02. The van der Waals surface area contributed by atoms with Crippen molar-refractivity contribution in [1.82, 2.24) is 4.90 Å². The Kier molecular flexibility index (Phi) is 5.58. The first-order valence-corrected chi connectivity index (χ1v) is 6.71. The van der Waals surface area contributed by atoms with Gasteiger partial charge in [-0.15, -0.1) is 0 Å². The fourth-order valence-corrected chi connectivity index (χ4v) is 1.89. The first-order chi connectivity index (χ1) is 7.26. The predicted octanol–water partition coefficient (Wildman–Crippen LogP) is 2.45. The lowest BCUT2D eigenvalue weighted by atomic mass is 10.2. The molecule has 0 unspecified atom stereocenters. The molecule has 1 aromatic carbocycles. The van der Waals surface area contributed by atoms with Crippen molar-refractivity contribution < 1.29 is 0 Å². The molecule has 0 aliphatic rings. The zero-order valence-corrected chi connectivity index (χ0v) is 10.4. The smallest absolute Gasteiger partial charge is 0.0314 e. The molecule has 0 saturated carbocycles. The van der Waals surface area contributed by atoms with E-state index in [2.05, 4.69) is 30.2 Å². The van der Waals surface area contributed by atoms with Crippen LogP contribution in [-0.2, 0) is 6.54 Å². The van der Waals surface area contributed by atoms with Gasteiger partial charge in [-0.05, 0) is 30.5 Å². The Morgan fingerprint density at radius 3 is 2.47 bits per heavy atom. The van der Waals surface area contributed by atoms with Crippen LogP contribution in [0, 0.1) is 0 Å². The third kappa shape index (κ3) is 4.58. The molecule has 2 nitrogen and oxygen atoms in total. The average molecular weight is 224 g/mol. The van der Waals surface area contributed by atoms with Crippen LogP contribution in [0.1, 0.15) is 12.5 Å². The summed E-state index contributed by atoms with van der Waals surface area (Å²) in [6, 6.07) is 8.16. The molecule has 0 aliphatic carbocycles. The maximum absolute atomic E-state index is 5.65. The number of thioether (sulfide) groups is 1. The van der Waals surface area contributed by atoms with Crippen LogP contribution in [0.3, 0.4) is 0 Å². The zero-order chi connectivity index (χ0) is 11.1. The summed E-state index contributed by atoms with van der Waals surface area (Å²) in [5.74, 6) is 1.20. The van der Waals surface area contributed by atoms with Gasteiger partial charge in [-0.25, -0.2) is 0 Å². The molecule has 3 heteroatoms. The van der Waals surface area contributed by atoms with E-state index in [1.165, 1.54) is 11.3 Å². The zero-order valence-electron chi connectivity index (χ0n) is 9.57. The van der Waals surface area contributed by atoms with E-state index in [9.17, 15) is 0 Å². The first-order valence-electron chi connectivity index (χ1n) is 5.32. The lowest BCUT2D eigenvalue weighted by Gasteiger charge is -2.19. The van der Waals surface area contributed by atoms with Crippen molar-refractivity contribution in [1.29, 1.82) is 0 Å². The van der Waals surface area contributed by atoms with Gasteiger partial charge in [-0.3, -0.25) is 4.90 Å². The monoisotopic (exact) mass is 224 g/mol. The number of hydrogen-bond acceptors (Lipinski definition) is 3. The quantitative estimate of drug-likeness (QED) is 0.753. The maximum Gasteiger partial charge on any atom is 0.0314 e. The van der Waals surface area contributed by atoms with E-state index in [-0.39, 0.29) is 0 Å². The van der Waals surface area contributed by atoms with Crippen LogP contribution < -0.4 is 5.73 Å². The molecule has 0 bridgehead atoms. The van der Waals surface area contributed by atoms with E-state index in [1.54, 1.807) is 0 Å². The molecule has 84 valence electrons. The molecular weight excluding hydrogens is 204 g/mol. The molecule has 1 rings (SSSR count). The molecule has 0 aromatic heterocycles. The summed E-state index contributed by atoms with van der Waals surface area (Å²) in [5.41, 5.74) is 7.83. The first kappa shape index (κ1) is 12.4. The molecule has 0 aliphatic heterocycles. The topological polar surface area (TPSA) is 29.3 Å². The van der Waals surface area contributed by atoms with Crippen LogP contribution in [0.2, 0.25) is 0 Å². The third-order valence-electron chi connectivity index (χ3n) is 2.44. The van der Waals surface area contributed by atoms with Crippen LogP contribution in [0.5, 0.6) is 0 Å². The van der Waals surface area contributed by atoms with Gasteiger partial charge >= 0.3 is 0 Å². The van der Waals surface area contributed by atoms with Gasteiger partial charge in [0, 0.05) is 24.5 Å². The lowest BCUT2D eigenvalue weighted by Crippen LogP contribution is -2.25. The number of rotatable bonds is 6. The van der Waals surface area contributed by atoms with E-state index < -0.39 is 0 Å². The Balaban J connectivity index is 2.47. The molecule has 2 N–H and O–H groups in total. The number of nitrogen functional groups attached to an aromatic ring is 1. The van der Waals surface area contributed by atoms with Gasteiger partial charge in [0.1, 0.15) is 0 Å². The summed E-state index contributed by atoms with van der Waals surface area (Å²) in [6.07, 6.45) is 2.15. The van der Waals surface area contributed by atoms with Gasteiger partial charge in [-0.1, -0.05) is 19.1 Å². The molecule has 0 saturated heterocycles. The number of benzene rings is 1. The second-order valence-corrected chi connectivity index (χ2v) is 4.59. The molecule has 1 aromatic rings. The molecule has 0 heterocycles.